The van der Waals surface area contributed by atoms with Gasteiger partial charge in [0.2, 0.25) is 0 Å². The van der Waals surface area contributed by atoms with Gasteiger partial charge in [-0.3, -0.25) is 4.79 Å². The maximum atomic E-state index is 11.0. The van der Waals surface area contributed by atoms with Crippen LogP contribution in [0.1, 0.15) is 0 Å². The van der Waals surface area contributed by atoms with Crippen LogP contribution in [0.3, 0.4) is 0 Å². The molecule has 1 N–H and O–H groups in total. The van der Waals surface area contributed by atoms with Crippen molar-refractivity contribution in [2.75, 3.05) is 0 Å². The van der Waals surface area contributed by atoms with Gasteiger partial charge in [0.15, 0.2) is 5.52 Å². The number of rotatable bonds is 0. The maximum absolute atomic E-state index is 11.0. The van der Waals surface area contributed by atoms with E-state index in [1.807, 2.05) is 0 Å². The first-order valence-electron chi connectivity index (χ1n) is 2.78. The van der Waals surface area contributed by atoms with E-state index in [0.29, 0.717) is 11.0 Å². The molecule has 0 aromatic carbocycles. The second-order valence-corrected chi connectivity index (χ2v) is 3.31. The molecule has 2 rings (SSSR count). The Kier molecular flexibility index (Phi) is 1.50. The SMILES string of the molecule is O=c1[nH]cc(Br)c2nsnc12. The van der Waals surface area contributed by atoms with Crippen LogP contribution in [0.4, 0.5) is 0 Å². The minimum absolute atomic E-state index is 0.197. The molecule has 2 heterocycles. The highest BCUT2D eigenvalue weighted by Crippen LogP contribution is 2.16. The molecule has 56 valence electrons. The fourth-order valence-corrected chi connectivity index (χ4v) is 1.83. The summed E-state index contributed by atoms with van der Waals surface area (Å²) in [5.74, 6) is 0. The van der Waals surface area contributed by atoms with Crippen LogP contribution in [-0.4, -0.2) is 13.7 Å². The Morgan fingerprint density at radius 1 is 1.45 bits per heavy atom. The van der Waals surface area contributed by atoms with E-state index in [1.54, 1.807) is 6.20 Å². The Morgan fingerprint density at radius 2 is 2.18 bits per heavy atom. The molecule has 0 amide bonds. The minimum Gasteiger partial charge on any atom is -0.326 e. The van der Waals surface area contributed by atoms with Crippen LogP contribution in [-0.2, 0) is 0 Å². The maximum Gasteiger partial charge on any atom is 0.277 e. The summed E-state index contributed by atoms with van der Waals surface area (Å²) < 4.78 is 8.54. The molecule has 6 heteroatoms. The van der Waals surface area contributed by atoms with Gasteiger partial charge in [-0.05, 0) is 15.9 Å². The predicted molar refractivity (Wildman–Crippen MR) is 45.7 cm³/mol. The molecule has 0 saturated carbocycles. The summed E-state index contributed by atoms with van der Waals surface area (Å²) in [6.07, 6.45) is 1.56. The van der Waals surface area contributed by atoms with Gasteiger partial charge in [0.25, 0.3) is 5.56 Å². The number of hydrogen-bond donors (Lipinski definition) is 1. The lowest BCUT2D eigenvalue weighted by Crippen LogP contribution is -2.04. The Hall–Kier alpha value is -0.750. The predicted octanol–water partition coefficient (Wildman–Crippen LogP) is 1.14. The zero-order chi connectivity index (χ0) is 7.84. The van der Waals surface area contributed by atoms with Gasteiger partial charge in [0, 0.05) is 6.20 Å². The van der Waals surface area contributed by atoms with Gasteiger partial charge in [-0.1, -0.05) is 0 Å². The van der Waals surface area contributed by atoms with Crippen LogP contribution >= 0.6 is 27.7 Å². The fourth-order valence-electron chi connectivity index (χ4n) is 0.760. The minimum atomic E-state index is -0.197. The van der Waals surface area contributed by atoms with Crippen LogP contribution in [0.5, 0.6) is 0 Å². The van der Waals surface area contributed by atoms with Crippen molar-refractivity contribution < 1.29 is 0 Å². The molecule has 0 radical (unpaired) electrons. The first kappa shape index (κ1) is 6.93. The summed E-state index contributed by atoms with van der Waals surface area (Å²) in [5, 5.41) is 0. The zero-order valence-electron chi connectivity index (χ0n) is 5.17. The Morgan fingerprint density at radius 3 is 2.91 bits per heavy atom. The molecule has 4 nitrogen and oxygen atoms in total. The van der Waals surface area contributed by atoms with Gasteiger partial charge in [-0.15, -0.1) is 0 Å². The third-order valence-corrected chi connectivity index (χ3v) is 2.39. The van der Waals surface area contributed by atoms with E-state index in [9.17, 15) is 4.79 Å². The molecule has 2 aromatic heterocycles. The summed E-state index contributed by atoms with van der Waals surface area (Å²) >= 11 is 4.28. The topological polar surface area (TPSA) is 58.6 Å². The van der Waals surface area contributed by atoms with Crippen LogP contribution in [0.2, 0.25) is 0 Å². The van der Waals surface area contributed by atoms with Crippen molar-refractivity contribution >= 4 is 38.7 Å². The average molecular weight is 232 g/mol. The zero-order valence-corrected chi connectivity index (χ0v) is 7.57. The number of H-pyrrole nitrogens is 1. The second-order valence-electron chi connectivity index (χ2n) is 1.93. The Bertz CT molecular complexity index is 448. The average Bonchev–Trinajstić information content (AvgIpc) is 2.45. The van der Waals surface area contributed by atoms with E-state index < -0.39 is 0 Å². The van der Waals surface area contributed by atoms with Crippen LogP contribution < -0.4 is 5.56 Å². The number of halogens is 1. The molecule has 0 spiro atoms. The number of nitrogens with zero attached hydrogens (tertiary/aromatic N) is 2. The number of hydrogen-bond acceptors (Lipinski definition) is 4. The van der Waals surface area contributed by atoms with Gasteiger partial charge < -0.3 is 4.98 Å². The van der Waals surface area contributed by atoms with Crippen molar-refractivity contribution in [3.05, 3.63) is 21.0 Å². The molecular formula is C5H2BrN3OS. The van der Waals surface area contributed by atoms with Gasteiger partial charge >= 0.3 is 0 Å². The van der Waals surface area contributed by atoms with E-state index in [0.717, 1.165) is 16.2 Å². The lowest BCUT2D eigenvalue weighted by molar-refractivity contribution is 1.25. The highest BCUT2D eigenvalue weighted by molar-refractivity contribution is 9.10. The van der Waals surface area contributed by atoms with Crippen LogP contribution in [0.25, 0.3) is 11.0 Å². The monoisotopic (exact) mass is 231 g/mol. The van der Waals surface area contributed by atoms with Gasteiger partial charge in [0.1, 0.15) is 5.52 Å². The van der Waals surface area contributed by atoms with Crippen LogP contribution in [0.15, 0.2) is 15.5 Å². The van der Waals surface area contributed by atoms with Crippen molar-refractivity contribution in [3.63, 3.8) is 0 Å². The van der Waals surface area contributed by atoms with Gasteiger partial charge in [-0.25, -0.2) is 0 Å². The molecular weight excluding hydrogens is 230 g/mol. The summed E-state index contributed by atoms with van der Waals surface area (Å²) in [4.78, 5) is 13.6. The number of aromatic amines is 1. The molecule has 0 aliphatic heterocycles. The molecule has 0 saturated heterocycles. The molecule has 0 atom stereocenters. The van der Waals surface area contributed by atoms with Crippen molar-refractivity contribution in [1.29, 1.82) is 0 Å². The van der Waals surface area contributed by atoms with E-state index in [4.69, 9.17) is 0 Å². The molecule has 0 fully saturated rings. The van der Waals surface area contributed by atoms with E-state index in [2.05, 4.69) is 29.7 Å². The van der Waals surface area contributed by atoms with Gasteiger partial charge in [0.05, 0.1) is 16.2 Å². The lowest BCUT2D eigenvalue weighted by Gasteiger charge is -1.87. The Labute approximate surface area is 73.7 Å². The van der Waals surface area contributed by atoms with E-state index >= 15 is 0 Å². The van der Waals surface area contributed by atoms with Crippen molar-refractivity contribution in [2.24, 2.45) is 0 Å². The third-order valence-electron chi connectivity index (χ3n) is 1.26. The number of nitrogens with one attached hydrogen (secondary N) is 1. The quantitative estimate of drug-likeness (QED) is 0.740. The summed E-state index contributed by atoms with van der Waals surface area (Å²) in [6.45, 7) is 0. The Balaban J connectivity index is 3.08. The van der Waals surface area contributed by atoms with Crippen molar-refractivity contribution in [1.82, 2.24) is 13.7 Å². The van der Waals surface area contributed by atoms with Gasteiger partial charge in [-0.2, -0.15) is 8.75 Å². The molecule has 11 heavy (non-hydrogen) atoms. The van der Waals surface area contributed by atoms with Crippen LogP contribution in [0, 0.1) is 0 Å². The summed E-state index contributed by atoms with van der Waals surface area (Å²) in [6, 6.07) is 0. The number of pyridine rings is 1. The number of fused-ring (bicyclic) bond motifs is 1. The molecule has 0 aliphatic rings. The number of aromatic nitrogens is 3. The highest BCUT2D eigenvalue weighted by atomic mass is 79.9. The molecule has 0 aliphatic carbocycles. The first-order chi connectivity index (χ1) is 5.29. The summed E-state index contributed by atoms with van der Waals surface area (Å²) in [7, 11) is 0. The van der Waals surface area contributed by atoms with E-state index in [1.165, 1.54) is 0 Å². The second kappa shape index (κ2) is 2.38. The standard InChI is InChI=1S/C5H2BrN3OS/c6-2-1-7-5(10)4-3(2)8-11-9-4/h1H,(H,7,10). The fraction of sp³-hybridized carbons (Fsp3) is 0. The van der Waals surface area contributed by atoms with Crippen molar-refractivity contribution in [3.8, 4) is 0 Å². The lowest BCUT2D eigenvalue weighted by atomic mass is 10.4. The third kappa shape index (κ3) is 0.982. The largest absolute Gasteiger partial charge is 0.326 e. The smallest absolute Gasteiger partial charge is 0.277 e. The molecule has 0 bridgehead atoms. The highest BCUT2D eigenvalue weighted by Gasteiger charge is 2.05. The summed E-state index contributed by atoms with van der Waals surface area (Å²) in [5.41, 5.74) is 0.820. The first-order valence-corrected chi connectivity index (χ1v) is 4.31. The van der Waals surface area contributed by atoms with Crippen molar-refractivity contribution in [2.45, 2.75) is 0 Å². The van der Waals surface area contributed by atoms with E-state index in [-0.39, 0.29) is 5.56 Å². The molecule has 0 unspecified atom stereocenters. The molecule has 2 aromatic rings. The normalized spacial score (nSPS) is 10.6.